The third kappa shape index (κ3) is 4.47. The number of hydrogen-bond donors (Lipinski definition) is 0. The molecule has 0 amide bonds. The molecule has 0 N–H and O–H groups in total. The third-order valence-corrected chi connectivity index (χ3v) is 12.3. The van der Waals surface area contributed by atoms with Gasteiger partial charge in [0.1, 0.15) is 11.2 Å². The fraction of sp³-hybridized carbons (Fsp3) is 0.0182. The number of hydrogen-bond acceptors (Lipinski definition) is 2. The van der Waals surface area contributed by atoms with Crippen molar-refractivity contribution in [2.45, 2.75) is 5.41 Å². The van der Waals surface area contributed by atoms with Crippen molar-refractivity contribution in [3.05, 3.63) is 235 Å². The van der Waals surface area contributed by atoms with E-state index in [-0.39, 0.29) is 0 Å². The van der Waals surface area contributed by atoms with Crippen LogP contribution in [0.25, 0.3) is 66.4 Å². The van der Waals surface area contributed by atoms with E-state index in [1.165, 1.54) is 44.5 Å². The molecule has 1 aromatic heterocycles. The molecule has 266 valence electrons. The molecule has 0 unspecified atom stereocenters. The quantitative estimate of drug-likeness (QED) is 0.176. The van der Waals surface area contributed by atoms with Gasteiger partial charge in [-0.25, -0.2) is 0 Å². The van der Waals surface area contributed by atoms with E-state index in [1.54, 1.807) is 0 Å². The van der Waals surface area contributed by atoms with E-state index in [1.807, 2.05) is 6.07 Å². The second-order valence-corrected chi connectivity index (χ2v) is 15.1. The van der Waals surface area contributed by atoms with Gasteiger partial charge in [0, 0.05) is 33.3 Å². The highest BCUT2D eigenvalue weighted by atomic mass is 16.3. The Labute approximate surface area is 331 Å². The van der Waals surface area contributed by atoms with E-state index >= 15 is 0 Å². The Bertz CT molecular complexity index is 3130. The van der Waals surface area contributed by atoms with E-state index in [4.69, 9.17) is 4.42 Å². The van der Waals surface area contributed by atoms with Crippen molar-refractivity contribution < 1.29 is 4.42 Å². The fourth-order valence-electron chi connectivity index (χ4n) is 10.0. The highest BCUT2D eigenvalue weighted by Crippen LogP contribution is 2.63. The fourth-order valence-corrected chi connectivity index (χ4v) is 10.0. The van der Waals surface area contributed by atoms with E-state index in [2.05, 4.69) is 211 Å². The summed E-state index contributed by atoms with van der Waals surface area (Å²) in [5, 5.41) is 2.23. The van der Waals surface area contributed by atoms with Gasteiger partial charge in [0.25, 0.3) is 0 Å². The summed E-state index contributed by atoms with van der Waals surface area (Å²) in [5.74, 6) is 0. The molecule has 2 aliphatic rings. The van der Waals surface area contributed by atoms with Crippen LogP contribution < -0.4 is 4.90 Å². The lowest BCUT2D eigenvalue weighted by Gasteiger charge is -2.33. The predicted octanol–water partition coefficient (Wildman–Crippen LogP) is 14.7. The van der Waals surface area contributed by atoms with E-state index < -0.39 is 5.41 Å². The molecule has 0 atom stereocenters. The molecule has 2 heteroatoms. The molecule has 9 aromatic carbocycles. The van der Waals surface area contributed by atoms with E-state index in [0.717, 1.165) is 61.3 Å². The van der Waals surface area contributed by atoms with Gasteiger partial charge in [-0.05, 0) is 92.0 Å². The standard InChI is InChI=1S/C55H35NO/c1-3-17-36(18-4-1)39-25-16-31-51(53(39)46-27-15-26-45-44-24-10-14-32-52(44)57-54(45)46)56(37-19-5-2-6-20-37)38-33-34-43-42-23-9-13-30-49(42)55(50(43)35-38)47-28-11-7-21-40(47)41-22-8-12-29-48(41)55/h1-35H. The Hall–Kier alpha value is -7.42. The number of nitrogens with zero attached hydrogens (tertiary/aromatic N) is 1. The number of anilines is 3. The Kier molecular flexibility index (Phi) is 6.88. The maximum absolute atomic E-state index is 6.78. The topological polar surface area (TPSA) is 16.4 Å². The van der Waals surface area contributed by atoms with Gasteiger partial charge in [0.2, 0.25) is 0 Å². The summed E-state index contributed by atoms with van der Waals surface area (Å²) in [4.78, 5) is 2.45. The molecule has 0 aliphatic heterocycles. The van der Waals surface area contributed by atoms with Crippen LogP contribution in [-0.4, -0.2) is 0 Å². The van der Waals surface area contributed by atoms with Gasteiger partial charge in [-0.2, -0.15) is 0 Å². The van der Waals surface area contributed by atoms with Gasteiger partial charge in [-0.15, -0.1) is 0 Å². The summed E-state index contributed by atoms with van der Waals surface area (Å²) in [6.07, 6.45) is 0. The van der Waals surface area contributed by atoms with Crippen LogP contribution in [0.15, 0.2) is 217 Å². The second kappa shape index (κ2) is 12.3. The Balaban J connectivity index is 1.17. The molecule has 0 bridgehead atoms. The van der Waals surface area contributed by atoms with Crippen LogP contribution in [0, 0.1) is 0 Å². The van der Waals surface area contributed by atoms with Crippen molar-refractivity contribution in [3.63, 3.8) is 0 Å². The summed E-state index contributed by atoms with van der Waals surface area (Å²) < 4.78 is 6.78. The number of furan rings is 1. The lowest BCUT2D eigenvalue weighted by atomic mass is 9.70. The van der Waals surface area contributed by atoms with Crippen LogP contribution in [0.3, 0.4) is 0 Å². The average molecular weight is 726 g/mol. The summed E-state index contributed by atoms with van der Waals surface area (Å²) >= 11 is 0. The zero-order chi connectivity index (χ0) is 37.5. The zero-order valence-electron chi connectivity index (χ0n) is 31.1. The van der Waals surface area contributed by atoms with Crippen LogP contribution in [0.1, 0.15) is 22.3 Å². The molecule has 0 fully saturated rings. The molecular weight excluding hydrogens is 691 g/mol. The molecule has 0 radical (unpaired) electrons. The predicted molar refractivity (Wildman–Crippen MR) is 236 cm³/mol. The first kappa shape index (κ1) is 31.9. The van der Waals surface area contributed by atoms with Crippen LogP contribution in [0.4, 0.5) is 17.1 Å². The second-order valence-electron chi connectivity index (χ2n) is 15.1. The van der Waals surface area contributed by atoms with Gasteiger partial charge in [0.15, 0.2) is 0 Å². The minimum atomic E-state index is -0.452. The van der Waals surface area contributed by atoms with Crippen LogP contribution in [-0.2, 0) is 5.41 Å². The minimum absolute atomic E-state index is 0.452. The smallest absolute Gasteiger partial charge is 0.143 e. The van der Waals surface area contributed by atoms with Crippen molar-refractivity contribution in [2.75, 3.05) is 4.90 Å². The van der Waals surface area contributed by atoms with Crippen LogP contribution in [0.5, 0.6) is 0 Å². The summed E-state index contributed by atoms with van der Waals surface area (Å²) in [6.45, 7) is 0. The first-order valence-corrected chi connectivity index (χ1v) is 19.7. The Morgan fingerprint density at radius 1 is 0.351 bits per heavy atom. The minimum Gasteiger partial charge on any atom is -0.455 e. The lowest BCUT2D eigenvalue weighted by Crippen LogP contribution is -2.26. The van der Waals surface area contributed by atoms with Crippen molar-refractivity contribution in [2.24, 2.45) is 0 Å². The number of benzene rings is 9. The summed E-state index contributed by atoms with van der Waals surface area (Å²) in [5.41, 5.74) is 19.5. The van der Waals surface area contributed by atoms with Crippen LogP contribution in [0.2, 0.25) is 0 Å². The van der Waals surface area contributed by atoms with Gasteiger partial charge < -0.3 is 9.32 Å². The number of para-hydroxylation sites is 3. The largest absolute Gasteiger partial charge is 0.455 e. The molecule has 1 spiro atoms. The maximum atomic E-state index is 6.78. The molecule has 10 aromatic rings. The average Bonchev–Trinajstić information content (AvgIpc) is 3.91. The van der Waals surface area contributed by atoms with Gasteiger partial charge in [-0.3, -0.25) is 0 Å². The zero-order valence-corrected chi connectivity index (χ0v) is 31.1. The first-order valence-electron chi connectivity index (χ1n) is 19.7. The molecule has 0 saturated carbocycles. The first-order chi connectivity index (χ1) is 28.3. The molecule has 2 aliphatic carbocycles. The SMILES string of the molecule is c1ccc(-c2cccc(N(c3ccccc3)c3ccc4c(c3)C3(c5ccccc5-c5ccccc53)c3ccccc3-4)c2-c2cccc3c2oc2ccccc23)cc1. The van der Waals surface area contributed by atoms with Gasteiger partial charge >= 0.3 is 0 Å². The number of fused-ring (bicyclic) bond motifs is 13. The molecular formula is C55H35NO. The van der Waals surface area contributed by atoms with Gasteiger partial charge in [-0.1, -0.05) is 176 Å². The van der Waals surface area contributed by atoms with Gasteiger partial charge in [0.05, 0.1) is 11.1 Å². The maximum Gasteiger partial charge on any atom is 0.143 e. The monoisotopic (exact) mass is 725 g/mol. The highest BCUT2D eigenvalue weighted by Gasteiger charge is 2.51. The Morgan fingerprint density at radius 2 is 0.877 bits per heavy atom. The molecule has 57 heavy (non-hydrogen) atoms. The lowest BCUT2D eigenvalue weighted by molar-refractivity contribution is 0.670. The molecule has 0 saturated heterocycles. The van der Waals surface area contributed by atoms with E-state index in [0.29, 0.717) is 0 Å². The van der Waals surface area contributed by atoms with Crippen molar-refractivity contribution in [3.8, 4) is 44.5 Å². The highest BCUT2D eigenvalue weighted by molar-refractivity contribution is 6.12. The van der Waals surface area contributed by atoms with Crippen molar-refractivity contribution in [1.82, 2.24) is 0 Å². The summed E-state index contributed by atoms with van der Waals surface area (Å²) in [7, 11) is 0. The number of rotatable bonds is 5. The molecule has 12 rings (SSSR count). The Morgan fingerprint density at radius 3 is 1.58 bits per heavy atom. The third-order valence-electron chi connectivity index (χ3n) is 12.3. The van der Waals surface area contributed by atoms with Crippen LogP contribution >= 0.6 is 0 Å². The van der Waals surface area contributed by atoms with Crippen molar-refractivity contribution >= 4 is 39.0 Å². The molecule has 2 nitrogen and oxygen atoms in total. The molecule has 1 heterocycles. The normalized spacial score (nSPS) is 13.1. The summed E-state index contributed by atoms with van der Waals surface area (Å²) in [6, 6.07) is 77.4. The van der Waals surface area contributed by atoms with E-state index in [9.17, 15) is 0 Å². The van der Waals surface area contributed by atoms with Crippen molar-refractivity contribution in [1.29, 1.82) is 0 Å².